The molecule has 2 aliphatic rings. The number of likely N-dealkylation sites (tertiary alicyclic amines) is 1. The van der Waals surface area contributed by atoms with Crippen molar-refractivity contribution in [2.75, 3.05) is 26.3 Å². The van der Waals surface area contributed by atoms with Gasteiger partial charge in [-0.1, -0.05) is 0 Å². The van der Waals surface area contributed by atoms with Crippen LogP contribution in [0.25, 0.3) is 0 Å². The second-order valence-corrected chi connectivity index (χ2v) is 6.37. The van der Waals surface area contributed by atoms with Gasteiger partial charge in [0.2, 0.25) is 0 Å². The smallest absolute Gasteiger partial charge is 0.406 e. The highest BCUT2D eigenvalue weighted by atomic mass is 19.4. The number of carbonyl (C=O) groups excluding carboxylic acids is 1. The molecule has 3 rings (SSSR count). The molecule has 2 heterocycles. The Hall–Kier alpha value is -1.80. The molecule has 0 spiro atoms. The molecule has 1 aromatic carbocycles. The van der Waals surface area contributed by atoms with E-state index >= 15 is 0 Å². The first kappa shape index (κ1) is 18.0. The molecule has 1 amide bonds. The third-order valence-electron chi connectivity index (χ3n) is 4.64. The van der Waals surface area contributed by atoms with Crippen molar-refractivity contribution in [3.63, 3.8) is 0 Å². The summed E-state index contributed by atoms with van der Waals surface area (Å²) in [5.74, 6) is -0.614. The highest BCUT2D eigenvalue weighted by molar-refractivity contribution is 5.94. The molecular formula is C17H21F3N2O3. The minimum Gasteiger partial charge on any atom is -0.406 e. The minimum absolute atomic E-state index is 0.0807. The number of hydrogen-bond donors (Lipinski definition) is 1. The van der Waals surface area contributed by atoms with Gasteiger partial charge in [-0.15, -0.1) is 13.2 Å². The highest BCUT2D eigenvalue weighted by Gasteiger charge is 2.31. The molecular weight excluding hydrogens is 337 g/mol. The number of piperidine rings is 1. The molecule has 0 radical (unpaired) electrons. The number of halogens is 3. The lowest BCUT2D eigenvalue weighted by atomic mass is 10.0. The topological polar surface area (TPSA) is 50.8 Å². The summed E-state index contributed by atoms with van der Waals surface area (Å²) < 4.78 is 45.6. The molecule has 0 saturated carbocycles. The quantitative estimate of drug-likeness (QED) is 0.899. The molecule has 5 nitrogen and oxygen atoms in total. The molecule has 1 aromatic rings. The molecule has 138 valence electrons. The third kappa shape index (κ3) is 5.09. The first-order valence-corrected chi connectivity index (χ1v) is 8.39. The molecule has 0 bridgehead atoms. The molecule has 1 N–H and O–H groups in total. The largest absolute Gasteiger partial charge is 0.573 e. The van der Waals surface area contributed by atoms with Crippen LogP contribution in [0, 0.1) is 0 Å². The lowest BCUT2D eigenvalue weighted by Gasteiger charge is -2.35. The van der Waals surface area contributed by atoms with Crippen LogP contribution >= 0.6 is 0 Å². The Bertz CT molecular complexity index is 578. The summed E-state index contributed by atoms with van der Waals surface area (Å²) in [7, 11) is 0. The number of alkyl halides is 3. The zero-order chi connectivity index (χ0) is 17.9. The summed E-state index contributed by atoms with van der Waals surface area (Å²) in [5, 5.41) is 2.95. The molecule has 2 fully saturated rings. The number of ether oxygens (including phenoxy) is 2. The average molecular weight is 358 g/mol. The van der Waals surface area contributed by atoms with E-state index in [1.54, 1.807) is 0 Å². The second kappa shape index (κ2) is 7.61. The van der Waals surface area contributed by atoms with Crippen LogP contribution in [0.3, 0.4) is 0 Å². The number of nitrogens with zero attached hydrogens (tertiary/aromatic N) is 1. The van der Waals surface area contributed by atoms with E-state index in [0.29, 0.717) is 11.6 Å². The molecule has 8 heteroatoms. The summed E-state index contributed by atoms with van der Waals surface area (Å²) in [6.45, 7) is 3.42. The number of amides is 1. The maximum Gasteiger partial charge on any atom is 0.573 e. The molecule has 1 atom stereocenters. The maximum atomic E-state index is 12.2. The lowest BCUT2D eigenvalue weighted by molar-refractivity contribution is -0.274. The average Bonchev–Trinajstić information content (AvgIpc) is 3.09. The van der Waals surface area contributed by atoms with Crippen molar-refractivity contribution in [2.24, 2.45) is 0 Å². The highest BCUT2D eigenvalue weighted by Crippen LogP contribution is 2.23. The Morgan fingerprint density at radius 2 is 1.84 bits per heavy atom. The number of benzene rings is 1. The molecule has 0 aromatic heterocycles. The van der Waals surface area contributed by atoms with Gasteiger partial charge in [-0.05, 0) is 43.5 Å². The van der Waals surface area contributed by atoms with Gasteiger partial charge in [0, 0.05) is 37.3 Å². The Labute approximate surface area is 144 Å². The van der Waals surface area contributed by atoms with E-state index < -0.39 is 6.36 Å². The zero-order valence-corrected chi connectivity index (χ0v) is 13.7. The van der Waals surface area contributed by atoms with Gasteiger partial charge in [0.05, 0.1) is 6.61 Å². The number of rotatable bonds is 4. The van der Waals surface area contributed by atoms with Gasteiger partial charge in [-0.2, -0.15) is 0 Å². The monoisotopic (exact) mass is 358 g/mol. The number of hydrogen-bond acceptors (Lipinski definition) is 4. The maximum absolute atomic E-state index is 12.2. The molecule has 2 saturated heterocycles. The Balaban J connectivity index is 1.47. The fraction of sp³-hybridized carbons (Fsp3) is 0.588. The van der Waals surface area contributed by atoms with Crippen LogP contribution in [0.2, 0.25) is 0 Å². The molecule has 0 aliphatic carbocycles. The van der Waals surface area contributed by atoms with Crippen LogP contribution in [0.4, 0.5) is 13.2 Å². The van der Waals surface area contributed by atoms with E-state index in [1.807, 2.05) is 0 Å². The fourth-order valence-corrected chi connectivity index (χ4v) is 3.30. The van der Waals surface area contributed by atoms with Gasteiger partial charge in [-0.25, -0.2) is 0 Å². The first-order valence-electron chi connectivity index (χ1n) is 8.39. The fourth-order valence-electron chi connectivity index (χ4n) is 3.30. The van der Waals surface area contributed by atoms with E-state index in [4.69, 9.17) is 4.74 Å². The third-order valence-corrected chi connectivity index (χ3v) is 4.64. The van der Waals surface area contributed by atoms with Crippen molar-refractivity contribution in [3.8, 4) is 5.75 Å². The van der Waals surface area contributed by atoms with E-state index in [2.05, 4.69) is 15.0 Å². The predicted octanol–water partition coefficient (Wildman–Crippen LogP) is 2.57. The van der Waals surface area contributed by atoms with Crippen molar-refractivity contribution < 1.29 is 27.4 Å². The van der Waals surface area contributed by atoms with Crippen LogP contribution in [0.1, 0.15) is 29.6 Å². The van der Waals surface area contributed by atoms with Crippen LogP contribution in [0.5, 0.6) is 5.75 Å². The van der Waals surface area contributed by atoms with Crippen molar-refractivity contribution >= 4 is 5.91 Å². The van der Waals surface area contributed by atoms with E-state index in [9.17, 15) is 18.0 Å². The Morgan fingerprint density at radius 1 is 1.16 bits per heavy atom. The molecule has 25 heavy (non-hydrogen) atoms. The minimum atomic E-state index is -4.73. The Morgan fingerprint density at radius 3 is 2.40 bits per heavy atom. The van der Waals surface area contributed by atoms with Gasteiger partial charge < -0.3 is 14.8 Å². The predicted molar refractivity (Wildman–Crippen MR) is 84.4 cm³/mol. The van der Waals surface area contributed by atoms with Gasteiger partial charge in [0.15, 0.2) is 0 Å². The summed E-state index contributed by atoms with van der Waals surface area (Å²) in [6.07, 6.45) is -1.96. The number of nitrogens with one attached hydrogen (secondary N) is 1. The van der Waals surface area contributed by atoms with Crippen molar-refractivity contribution in [1.29, 1.82) is 0 Å². The summed E-state index contributed by atoms with van der Waals surface area (Å²) in [5.41, 5.74) is 0.321. The van der Waals surface area contributed by atoms with E-state index in [-0.39, 0.29) is 17.7 Å². The molecule has 2 aliphatic heterocycles. The van der Waals surface area contributed by atoms with Gasteiger partial charge >= 0.3 is 6.36 Å². The van der Waals surface area contributed by atoms with Crippen molar-refractivity contribution in [1.82, 2.24) is 10.2 Å². The van der Waals surface area contributed by atoms with Crippen LogP contribution in [-0.2, 0) is 4.74 Å². The van der Waals surface area contributed by atoms with Crippen LogP contribution in [-0.4, -0.2) is 55.6 Å². The number of carbonyl (C=O) groups is 1. The van der Waals surface area contributed by atoms with Crippen molar-refractivity contribution in [3.05, 3.63) is 29.8 Å². The van der Waals surface area contributed by atoms with E-state index in [1.165, 1.54) is 12.1 Å². The van der Waals surface area contributed by atoms with Crippen LogP contribution < -0.4 is 10.1 Å². The first-order chi connectivity index (χ1) is 11.9. The van der Waals surface area contributed by atoms with Gasteiger partial charge in [-0.3, -0.25) is 9.69 Å². The zero-order valence-electron chi connectivity index (χ0n) is 13.7. The SMILES string of the molecule is O=C(NC1CCN([C@H]2CCOC2)CC1)c1ccc(OC(F)(F)F)cc1. The summed E-state index contributed by atoms with van der Waals surface area (Å²) in [4.78, 5) is 14.6. The van der Waals surface area contributed by atoms with Crippen molar-refractivity contribution in [2.45, 2.75) is 37.7 Å². The normalized spacial score (nSPS) is 22.8. The standard InChI is InChI=1S/C17H21F3N2O3/c18-17(19,20)25-15-3-1-12(2-4-15)16(23)21-13-5-8-22(9-6-13)14-7-10-24-11-14/h1-4,13-14H,5-11H2,(H,21,23)/t14-/m0/s1. The van der Waals surface area contributed by atoms with E-state index in [0.717, 1.165) is 57.7 Å². The second-order valence-electron chi connectivity index (χ2n) is 6.37. The van der Waals surface area contributed by atoms with Crippen LogP contribution in [0.15, 0.2) is 24.3 Å². The summed E-state index contributed by atoms with van der Waals surface area (Å²) in [6, 6.07) is 5.52. The van der Waals surface area contributed by atoms with Gasteiger partial charge in [0.1, 0.15) is 5.75 Å². The molecule has 0 unspecified atom stereocenters. The summed E-state index contributed by atoms with van der Waals surface area (Å²) >= 11 is 0. The lowest BCUT2D eigenvalue weighted by Crippen LogP contribution is -2.48. The Kier molecular flexibility index (Phi) is 5.48. The van der Waals surface area contributed by atoms with Gasteiger partial charge in [0.25, 0.3) is 5.91 Å².